The van der Waals surface area contributed by atoms with Gasteiger partial charge < -0.3 is 19.3 Å². The van der Waals surface area contributed by atoms with E-state index in [0.29, 0.717) is 17.2 Å². The van der Waals surface area contributed by atoms with Crippen LogP contribution in [0.3, 0.4) is 0 Å². The molecule has 0 aromatic heterocycles. The van der Waals surface area contributed by atoms with Crippen molar-refractivity contribution in [3.63, 3.8) is 0 Å². The standard InChI is InChI=1S/C17H17N3O7/c1-25-14-7-10(8-15(26-2)16(14)27-3)17(22)19-18-9-11-6-12(20(23)24)4-5-13(11)21/h4-9,21H,1-3H3,(H,19,22). The molecule has 0 heterocycles. The summed E-state index contributed by atoms with van der Waals surface area (Å²) >= 11 is 0. The van der Waals surface area contributed by atoms with E-state index >= 15 is 0 Å². The normalized spacial score (nSPS) is 10.5. The highest BCUT2D eigenvalue weighted by Crippen LogP contribution is 2.38. The molecule has 0 spiro atoms. The van der Waals surface area contributed by atoms with Crippen LogP contribution in [-0.2, 0) is 0 Å². The summed E-state index contributed by atoms with van der Waals surface area (Å²) in [6, 6.07) is 6.33. The van der Waals surface area contributed by atoms with Crippen LogP contribution in [0.15, 0.2) is 35.4 Å². The van der Waals surface area contributed by atoms with E-state index in [-0.39, 0.29) is 22.6 Å². The minimum absolute atomic E-state index is 0.0781. The second-order valence-corrected chi connectivity index (χ2v) is 5.11. The Balaban J connectivity index is 2.22. The van der Waals surface area contributed by atoms with Gasteiger partial charge in [0.15, 0.2) is 11.5 Å². The Kier molecular flexibility index (Phi) is 6.15. The van der Waals surface area contributed by atoms with Crippen molar-refractivity contribution in [3.05, 3.63) is 51.6 Å². The first kappa shape index (κ1) is 19.5. The number of hydrogen-bond acceptors (Lipinski definition) is 8. The zero-order valence-corrected chi connectivity index (χ0v) is 14.8. The third-order valence-corrected chi connectivity index (χ3v) is 3.52. The largest absolute Gasteiger partial charge is 0.507 e. The highest BCUT2D eigenvalue weighted by molar-refractivity contribution is 5.96. The molecule has 0 aliphatic rings. The summed E-state index contributed by atoms with van der Waals surface area (Å²) in [5, 5.41) is 24.2. The molecule has 27 heavy (non-hydrogen) atoms. The van der Waals surface area contributed by atoms with Gasteiger partial charge >= 0.3 is 0 Å². The molecule has 142 valence electrons. The molecule has 2 N–H and O–H groups in total. The zero-order valence-electron chi connectivity index (χ0n) is 14.8. The van der Waals surface area contributed by atoms with Gasteiger partial charge in [-0.25, -0.2) is 5.43 Å². The van der Waals surface area contributed by atoms with E-state index < -0.39 is 10.8 Å². The number of amides is 1. The molecule has 0 atom stereocenters. The molecule has 2 rings (SSSR count). The lowest BCUT2D eigenvalue weighted by molar-refractivity contribution is -0.384. The van der Waals surface area contributed by atoms with Crippen LogP contribution in [0, 0.1) is 10.1 Å². The van der Waals surface area contributed by atoms with Gasteiger partial charge in [0.25, 0.3) is 11.6 Å². The lowest BCUT2D eigenvalue weighted by Gasteiger charge is -2.13. The Morgan fingerprint density at radius 3 is 2.30 bits per heavy atom. The maximum Gasteiger partial charge on any atom is 0.271 e. The fourth-order valence-electron chi connectivity index (χ4n) is 2.20. The topological polar surface area (TPSA) is 133 Å². The van der Waals surface area contributed by atoms with Crippen molar-refractivity contribution in [2.24, 2.45) is 5.10 Å². The lowest BCUT2D eigenvalue weighted by atomic mass is 10.1. The number of nitro groups is 1. The molecule has 0 bridgehead atoms. The molecule has 10 nitrogen and oxygen atoms in total. The number of aromatic hydroxyl groups is 1. The molecular weight excluding hydrogens is 358 g/mol. The average molecular weight is 375 g/mol. The second-order valence-electron chi connectivity index (χ2n) is 5.11. The van der Waals surface area contributed by atoms with Gasteiger partial charge in [-0.1, -0.05) is 0 Å². The Bertz CT molecular complexity index is 871. The van der Waals surface area contributed by atoms with Crippen molar-refractivity contribution in [1.29, 1.82) is 0 Å². The van der Waals surface area contributed by atoms with Crippen molar-refractivity contribution in [1.82, 2.24) is 5.43 Å². The first-order valence-corrected chi connectivity index (χ1v) is 7.52. The first-order chi connectivity index (χ1) is 12.9. The van der Waals surface area contributed by atoms with Gasteiger partial charge in [0.05, 0.1) is 32.5 Å². The predicted molar refractivity (Wildman–Crippen MR) is 95.9 cm³/mol. The number of nitrogens with zero attached hydrogens (tertiary/aromatic N) is 2. The van der Waals surface area contributed by atoms with Crippen LogP contribution < -0.4 is 19.6 Å². The minimum atomic E-state index is -0.606. The number of ether oxygens (including phenoxy) is 3. The number of rotatable bonds is 7. The first-order valence-electron chi connectivity index (χ1n) is 7.52. The summed E-state index contributed by atoms with van der Waals surface area (Å²) in [6.07, 6.45) is 1.10. The van der Waals surface area contributed by atoms with Gasteiger partial charge in [0.2, 0.25) is 5.75 Å². The molecule has 0 aliphatic heterocycles. The molecule has 10 heteroatoms. The number of nitro benzene ring substituents is 1. The monoisotopic (exact) mass is 375 g/mol. The molecule has 0 fully saturated rings. The summed E-state index contributed by atoms with van der Waals surface area (Å²) in [7, 11) is 4.28. The number of carbonyl (C=O) groups is 1. The Morgan fingerprint density at radius 1 is 1.15 bits per heavy atom. The van der Waals surface area contributed by atoms with Gasteiger partial charge in [0.1, 0.15) is 5.75 Å². The summed E-state index contributed by atoms with van der Waals surface area (Å²) in [4.78, 5) is 22.5. The molecule has 2 aromatic carbocycles. The van der Waals surface area contributed by atoms with E-state index in [1.165, 1.54) is 39.5 Å². The van der Waals surface area contributed by atoms with Crippen molar-refractivity contribution in [2.75, 3.05) is 21.3 Å². The van der Waals surface area contributed by atoms with E-state index in [0.717, 1.165) is 18.3 Å². The average Bonchev–Trinajstić information content (AvgIpc) is 2.67. The van der Waals surface area contributed by atoms with Crippen LogP contribution in [0.1, 0.15) is 15.9 Å². The van der Waals surface area contributed by atoms with Gasteiger partial charge in [-0.05, 0) is 18.2 Å². The fourth-order valence-corrected chi connectivity index (χ4v) is 2.20. The second kappa shape index (κ2) is 8.52. The van der Waals surface area contributed by atoms with Crippen LogP contribution >= 0.6 is 0 Å². The number of hydrazone groups is 1. The van der Waals surface area contributed by atoms with Gasteiger partial charge in [-0.15, -0.1) is 0 Å². The Morgan fingerprint density at radius 2 is 1.78 bits per heavy atom. The quantitative estimate of drug-likeness (QED) is 0.430. The van der Waals surface area contributed by atoms with E-state index in [9.17, 15) is 20.0 Å². The summed E-state index contributed by atoms with van der Waals surface area (Å²) < 4.78 is 15.5. The number of non-ortho nitro benzene ring substituents is 1. The zero-order chi connectivity index (χ0) is 20.0. The lowest BCUT2D eigenvalue weighted by Crippen LogP contribution is -2.18. The highest BCUT2D eigenvalue weighted by Gasteiger charge is 2.16. The third kappa shape index (κ3) is 4.42. The van der Waals surface area contributed by atoms with E-state index in [4.69, 9.17) is 14.2 Å². The number of phenolic OH excluding ortho intramolecular Hbond substituents is 1. The number of benzene rings is 2. The van der Waals surface area contributed by atoms with Gasteiger partial charge in [-0.3, -0.25) is 14.9 Å². The molecule has 0 saturated heterocycles. The fraction of sp³-hybridized carbons (Fsp3) is 0.176. The van der Waals surface area contributed by atoms with Gasteiger partial charge in [0, 0.05) is 23.3 Å². The molecule has 0 radical (unpaired) electrons. The van der Waals surface area contributed by atoms with E-state index in [2.05, 4.69) is 10.5 Å². The number of phenols is 1. The third-order valence-electron chi connectivity index (χ3n) is 3.52. The number of hydrogen-bond donors (Lipinski definition) is 2. The van der Waals surface area contributed by atoms with Crippen molar-refractivity contribution < 1.29 is 29.0 Å². The van der Waals surface area contributed by atoms with Gasteiger partial charge in [-0.2, -0.15) is 5.10 Å². The van der Waals surface area contributed by atoms with Crippen LogP contribution in [0.5, 0.6) is 23.0 Å². The van der Waals surface area contributed by atoms with Crippen molar-refractivity contribution in [3.8, 4) is 23.0 Å². The maximum absolute atomic E-state index is 12.3. The van der Waals surface area contributed by atoms with Crippen LogP contribution in [0.25, 0.3) is 0 Å². The maximum atomic E-state index is 12.3. The SMILES string of the molecule is COc1cc(C(=O)NN=Cc2cc([N+](=O)[O-])ccc2O)cc(OC)c1OC. The summed E-state index contributed by atoms with van der Waals surface area (Å²) in [5.41, 5.74) is 2.31. The van der Waals surface area contributed by atoms with E-state index in [1.807, 2.05) is 0 Å². The molecule has 2 aromatic rings. The smallest absolute Gasteiger partial charge is 0.271 e. The molecule has 1 amide bonds. The van der Waals surface area contributed by atoms with E-state index in [1.54, 1.807) is 0 Å². The molecule has 0 unspecified atom stereocenters. The summed E-state index contributed by atoms with van der Waals surface area (Å²) in [6.45, 7) is 0. The number of methoxy groups -OCH3 is 3. The highest BCUT2D eigenvalue weighted by atomic mass is 16.6. The number of nitrogens with one attached hydrogen (secondary N) is 1. The number of carbonyl (C=O) groups excluding carboxylic acids is 1. The molecule has 0 saturated carbocycles. The van der Waals surface area contributed by atoms with Crippen molar-refractivity contribution >= 4 is 17.8 Å². The molecule has 0 aliphatic carbocycles. The van der Waals surface area contributed by atoms with Crippen molar-refractivity contribution in [2.45, 2.75) is 0 Å². The van der Waals surface area contributed by atoms with Crippen LogP contribution in [0.4, 0.5) is 5.69 Å². The predicted octanol–water partition coefficient (Wildman–Crippen LogP) is 2.09. The summed E-state index contributed by atoms with van der Waals surface area (Å²) in [5.74, 6) is 0.119. The Hall–Kier alpha value is -3.82. The minimum Gasteiger partial charge on any atom is -0.507 e. The van der Waals surface area contributed by atoms with Crippen LogP contribution in [0.2, 0.25) is 0 Å². The Labute approximate surface area is 154 Å². The molecular formula is C17H17N3O7. The van der Waals surface area contributed by atoms with Crippen LogP contribution in [-0.4, -0.2) is 43.5 Å².